The fourth-order valence-corrected chi connectivity index (χ4v) is 1.53. The molecule has 1 fully saturated rings. The predicted molar refractivity (Wildman–Crippen MR) is 60.2 cm³/mol. The van der Waals surface area contributed by atoms with Crippen molar-refractivity contribution in [3.8, 4) is 0 Å². The summed E-state index contributed by atoms with van der Waals surface area (Å²) < 4.78 is 5.22. The van der Waals surface area contributed by atoms with Gasteiger partial charge in [0, 0.05) is 25.9 Å². The van der Waals surface area contributed by atoms with Crippen molar-refractivity contribution in [2.24, 2.45) is 0 Å². The third kappa shape index (κ3) is 2.16. The third-order valence-electron chi connectivity index (χ3n) is 2.22. The standard InChI is InChI=1S/C12H14N2O2/c1-14(2)8-10-12(15)16-11(13-10)9-6-4-3-5-7-9/h3-8,11,13H,1-2H3/b10-8-. The number of ether oxygens (including phenoxy) is 1. The first-order chi connectivity index (χ1) is 7.66. The van der Waals surface area contributed by atoms with Crippen LogP contribution in [0.3, 0.4) is 0 Å². The topological polar surface area (TPSA) is 41.6 Å². The fraction of sp³-hybridized carbons (Fsp3) is 0.250. The molecule has 0 spiro atoms. The van der Waals surface area contributed by atoms with Gasteiger partial charge in [0.25, 0.3) is 0 Å². The Hall–Kier alpha value is -1.97. The Morgan fingerprint density at radius 1 is 1.31 bits per heavy atom. The van der Waals surface area contributed by atoms with Gasteiger partial charge >= 0.3 is 5.97 Å². The van der Waals surface area contributed by atoms with E-state index >= 15 is 0 Å². The van der Waals surface area contributed by atoms with E-state index in [-0.39, 0.29) is 12.2 Å². The Bertz CT molecular complexity index is 412. The summed E-state index contributed by atoms with van der Waals surface area (Å²) in [6, 6.07) is 9.60. The highest BCUT2D eigenvalue weighted by Gasteiger charge is 2.28. The number of nitrogens with one attached hydrogen (secondary N) is 1. The number of cyclic esters (lactones) is 1. The molecule has 1 atom stereocenters. The van der Waals surface area contributed by atoms with Crippen molar-refractivity contribution in [3.63, 3.8) is 0 Å². The molecule has 0 aromatic heterocycles. The minimum absolute atomic E-state index is 0.317. The molecule has 0 amide bonds. The van der Waals surface area contributed by atoms with E-state index in [4.69, 9.17) is 4.74 Å². The molecule has 1 aromatic carbocycles. The second-order valence-electron chi connectivity index (χ2n) is 3.85. The predicted octanol–water partition coefficient (Wildman–Crippen LogP) is 1.23. The van der Waals surface area contributed by atoms with Crippen molar-refractivity contribution in [2.75, 3.05) is 14.1 Å². The second kappa shape index (κ2) is 4.26. The van der Waals surface area contributed by atoms with Crippen LogP contribution in [0.2, 0.25) is 0 Å². The summed E-state index contributed by atoms with van der Waals surface area (Å²) >= 11 is 0. The quantitative estimate of drug-likeness (QED) is 0.599. The van der Waals surface area contributed by atoms with Gasteiger partial charge in [-0.25, -0.2) is 4.79 Å². The zero-order chi connectivity index (χ0) is 11.5. The molecule has 1 unspecified atom stereocenters. The van der Waals surface area contributed by atoms with Gasteiger partial charge in [-0.05, 0) is 0 Å². The van der Waals surface area contributed by atoms with Crippen LogP contribution < -0.4 is 5.32 Å². The minimum atomic E-state index is -0.375. The van der Waals surface area contributed by atoms with Crippen LogP contribution in [0.1, 0.15) is 11.8 Å². The van der Waals surface area contributed by atoms with Crippen molar-refractivity contribution in [1.29, 1.82) is 0 Å². The molecule has 4 heteroatoms. The largest absolute Gasteiger partial charge is 0.433 e. The maximum atomic E-state index is 11.5. The number of benzene rings is 1. The van der Waals surface area contributed by atoms with E-state index in [2.05, 4.69) is 5.32 Å². The average Bonchev–Trinajstić information content (AvgIpc) is 2.61. The lowest BCUT2D eigenvalue weighted by atomic mass is 10.2. The van der Waals surface area contributed by atoms with Gasteiger partial charge in [0.05, 0.1) is 0 Å². The molecule has 1 aromatic rings. The van der Waals surface area contributed by atoms with Gasteiger partial charge < -0.3 is 15.0 Å². The number of carbonyl (C=O) groups is 1. The maximum Gasteiger partial charge on any atom is 0.358 e. The Labute approximate surface area is 94.5 Å². The Morgan fingerprint density at radius 3 is 2.62 bits per heavy atom. The molecule has 1 aliphatic heterocycles. The molecule has 0 radical (unpaired) electrons. The molecule has 1 heterocycles. The normalized spacial score (nSPS) is 21.8. The molecule has 4 nitrogen and oxygen atoms in total. The van der Waals surface area contributed by atoms with E-state index in [0.29, 0.717) is 5.70 Å². The third-order valence-corrected chi connectivity index (χ3v) is 2.22. The summed E-state index contributed by atoms with van der Waals surface area (Å²) in [5, 5.41) is 3.04. The minimum Gasteiger partial charge on any atom is -0.433 e. The SMILES string of the molecule is CN(C)/C=C1\NC(c2ccccc2)OC1=O. The van der Waals surface area contributed by atoms with Crippen LogP contribution in [0.15, 0.2) is 42.2 Å². The molecule has 1 aliphatic rings. The molecule has 0 aliphatic carbocycles. The summed E-state index contributed by atoms with van der Waals surface area (Å²) in [5.74, 6) is -0.317. The van der Waals surface area contributed by atoms with Gasteiger partial charge in [-0.1, -0.05) is 30.3 Å². The van der Waals surface area contributed by atoms with Crippen LogP contribution in [0, 0.1) is 0 Å². The summed E-state index contributed by atoms with van der Waals surface area (Å²) in [6.45, 7) is 0. The Kier molecular flexibility index (Phi) is 2.81. The Morgan fingerprint density at radius 2 is 2.00 bits per heavy atom. The van der Waals surface area contributed by atoms with E-state index in [1.807, 2.05) is 44.4 Å². The van der Waals surface area contributed by atoms with Crippen LogP contribution in [0.5, 0.6) is 0 Å². The molecule has 16 heavy (non-hydrogen) atoms. The molecule has 1 N–H and O–H groups in total. The van der Waals surface area contributed by atoms with Crippen molar-refractivity contribution in [3.05, 3.63) is 47.8 Å². The van der Waals surface area contributed by atoms with E-state index < -0.39 is 0 Å². The lowest BCUT2D eigenvalue weighted by Crippen LogP contribution is -2.15. The zero-order valence-corrected chi connectivity index (χ0v) is 9.31. The fourth-order valence-electron chi connectivity index (χ4n) is 1.53. The molecule has 0 bridgehead atoms. The van der Waals surface area contributed by atoms with Crippen LogP contribution in [0.25, 0.3) is 0 Å². The summed E-state index contributed by atoms with van der Waals surface area (Å²) in [6.07, 6.45) is 1.34. The number of rotatable bonds is 2. The molecule has 2 rings (SSSR count). The van der Waals surface area contributed by atoms with Gasteiger partial charge in [0.15, 0.2) is 6.23 Å². The number of hydrogen-bond acceptors (Lipinski definition) is 4. The molecular formula is C12H14N2O2. The number of hydrogen-bond donors (Lipinski definition) is 1. The first-order valence-corrected chi connectivity index (χ1v) is 5.07. The molecule has 84 valence electrons. The van der Waals surface area contributed by atoms with E-state index in [0.717, 1.165) is 5.56 Å². The maximum absolute atomic E-state index is 11.5. The highest BCUT2D eigenvalue weighted by atomic mass is 16.6. The first-order valence-electron chi connectivity index (χ1n) is 5.07. The van der Waals surface area contributed by atoms with E-state index in [1.165, 1.54) is 0 Å². The molecule has 1 saturated heterocycles. The lowest BCUT2D eigenvalue weighted by Gasteiger charge is -2.09. The smallest absolute Gasteiger partial charge is 0.358 e. The van der Waals surface area contributed by atoms with Crippen LogP contribution in [-0.2, 0) is 9.53 Å². The summed E-state index contributed by atoms with van der Waals surface area (Å²) in [4.78, 5) is 13.3. The van der Waals surface area contributed by atoms with Crippen molar-refractivity contribution in [1.82, 2.24) is 10.2 Å². The first kappa shape index (κ1) is 10.5. The van der Waals surface area contributed by atoms with Crippen molar-refractivity contribution in [2.45, 2.75) is 6.23 Å². The monoisotopic (exact) mass is 218 g/mol. The van der Waals surface area contributed by atoms with Gasteiger partial charge in [0.1, 0.15) is 5.70 Å². The number of nitrogens with zero attached hydrogens (tertiary/aromatic N) is 1. The summed E-state index contributed by atoms with van der Waals surface area (Å²) in [5.41, 5.74) is 1.43. The number of esters is 1. The van der Waals surface area contributed by atoms with Crippen LogP contribution >= 0.6 is 0 Å². The lowest BCUT2D eigenvalue weighted by molar-refractivity contribution is -0.139. The highest BCUT2D eigenvalue weighted by Crippen LogP contribution is 2.22. The van der Waals surface area contributed by atoms with Crippen molar-refractivity contribution < 1.29 is 9.53 Å². The number of carbonyl (C=O) groups excluding carboxylic acids is 1. The van der Waals surface area contributed by atoms with Crippen LogP contribution in [-0.4, -0.2) is 25.0 Å². The van der Waals surface area contributed by atoms with Crippen molar-refractivity contribution >= 4 is 5.97 Å². The molecule has 0 saturated carbocycles. The zero-order valence-electron chi connectivity index (χ0n) is 9.31. The Balaban J connectivity index is 2.16. The van der Waals surface area contributed by atoms with Gasteiger partial charge in [-0.2, -0.15) is 0 Å². The second-order valence-corrected chi connectivity index (χ2v) is 3.85. The van der Waals surface area contributed by atoms with Gasteiger partial charge in [-0.15, -0.1) is 0 Å². The van der Waals surface area contributed by atoms with E-state index in [9.17, 15) is 4.79 Å². The summed E-state index contributed by atoms with van der Waals surface area (Å²) in [7, 11) is 3.72. The van der Waals surface area contributed by atoms with E-state index in [1.54, 1.807) is 11.1 Å². The van der Waals surface area contributed by atoms with Gasteiger partial charge in [-0.3, -0.25) is 0 Å². The van der Waals surface area contributed by atoms with Gasteiger partial charge in [0.2, 0.25) is 0 Å². The highest BCUT2D eigenvalue weighted by molar-refractivity contribution is 5.89. The van der Waals surface area contributed by atoms with Crippen LogP contribution in [0.4, 0.5) is 0 Å². The average molecular weight is 218 g/mol. The molecular weight excluding hydrogens is 204 g/mol.